The molecule has 1 fully saturated rings. The lowest BCUT2D eigenvalue weighted by atomic mass is 10.2. The maximum atomic E-state index is 6.13. The van der Waals surface area contributed by atoms with E-state index in [1.807, 2.05) is 18.2 Å². The number of fused-ring (bicyclic) bond motifs is 1. The second-order valence-electron chi connectivity index (χ2n) is 5.85. The van der Waals surface area contributed by atoms with Gasteiger partial charge in [-0.2, -0.15) is 4.98 Å². The molecule has 4 nitrogen and oxygen atoms in total. The molecule has 2 aromatic heterocycles. The van der Waals surface area contributed by atoms with Gasteiger partial charge in [-0.25, -0.2) is 4.98 Å². The van der Waals surface area contributed by atoms with E-state index in [-0.39, 0.29) is 0 Å². The van der Waals surface area contributed by atoms with E-state index < -0.39 is 0 Å². The van der Waals surface area contributed by atoms with Crippen molar-refractivity contribution in [1.29, 1.82) is 0 Å². The van der Waals surface area contributed by atoms with Crippen LogP contribution in [0.5, 0.6) is 0 Å². The highest BCUT2D eigenvalue weighted by Crippen LogP contribution is 2.32. The highest BCUT2D eigenvalue weighted by atomic mass is 35.5. The van der Waals surface area contributed by atoms with E-state index in [1.54, 1.807) is 11.3 Å². The Hall–Kier alpha value is -1.56. The van der Waals surface area contributed by atoms with Crippen molar-refractivity contribution in [3.8, 4) is 0 Å². The molecule has 124 valence electrons. The summed E-state index contributed by atoms with van der Waals surface area (Å²) in [5.41, 5.74) is 1.17. The predicted octanol–water partition coefficient (Wildman–Crippen LogP) is 4.63. The van der Waals surface area contributed by atoms with E-state index in [0.717, 1.165) is 47.2 Å². The van der Waals surface area contributed by atoms with Crippen LogP contribution in [-0.4, -0.2) is 36.1 Å². The minimum Gasteiger partial charge on any atom is -0.368 e. The highest BCUT2D eigenvalue weighted by Gasteiger charge is 2.21. The number of benzene rings is 1. The first-order chi connectivity index (χ1) is 11.6. The molecule has 7 heteroatoms. The van der Waals surface area contributed by atoms with Gasteiger partial charge in [0.15, 0.2) is 0 Å². The standard InChI is InChI=1S/C17H16Cl2N4S/c1-11-9-14-15(20-17(19)21-16(14)24-11)23-7-5-22(6-8-23)13-4-2-3-12(18)10-13/h2-4,9-10H,5-8H2,1H3. The first kappa shape index (κ1) is 15.9. The molecule has 1 aliphatic rings. The van der Waals surface area contributed by atoms with Gasteiger partial charge < -0.3 is 9.80 Å². The Labute approximate surface area is 154 Å². The molecule has 0 saturated carbocycles. The van der Waals surface area contributed by atoms with Crippen LogP contribution in [0, 0.1) is 6.92 Å². The van der Waals surface area contributed by atoms with Gasteiger partial charge in [-0.15, -0.1) is 11.3 Å². The normalized spacial score (nSPS) is 15.3. The van der Waals surface area contributed by atoms with Crippen molar-refractivity contribution in [2.75, 3.05) is 36.0 Å². The Morgan fingerprint density at radius 3 is 2.50 bits per heavy atom. The number of aryl methyl sites for hydroxylation is 1. The predicted molar refractivity (Wildman–Crippen MR) is 103 cm³/mol. The third-order valence-corrected chi connectivity index (χ3v) is 5.57. The van der Waals surface area contributed by atoms with Gasteiger partial charge in [0.25, 0.3) is 0 Å². The van der Waals surface area contributed by atoms with Crippen LogP contribution in [0.2, 0.25) is 10.3 Å². The van der Waals surface area contributed by atoms with Crippen molar-refractivity contribution in [1.82, 2.24) is 9.97 Å². The van der Waals surface area contributed by atoms with E-state index in [4.69, 9.17) is 23.2 Å². The summed E-state index contributed by atoms with van der Waals surface area (Å²) in [6.07, 6.45) is 0. The molecule has 24 heavy (non-hydrogen) atoms. The first-order valence-electron chi connectivity index (χ1n) is 7.79. The summed E-state index contributed by atoms with van der Waals surface area (Å²) < 4.78 is 0. The molecular weight excluding hydrogens is 363 g/mol. The topological polar surface area (TPSA) is 32.3 Å². The molecule has 0 atom stereocenters. The van der Waals surface area contributed by atoms with Crippen LogP contribution >= 0.6 is 34.5 Å². The van der Waals surface area contributed by atoms with Crippen molar-refractivity contribution >= 4 is 56.3 Å². The maximum absolute atomic E-state index is 6.13. The quantitative estimate of drug-likeness (QED) is 0.608. The molecule has 0 N–H and O–H groups in total. The van der Waals surface area contributed by atoms with Crippen molar-refractivity contribution in [3.05, 3.63) is 45.5 Å². The molecule has 0 amide bonds. The number of rotatable bonds is 2. The van der Waals surface area contributed by atoms with Gasteiger partial charge in [-0.05, 0) is 42.8 Å². The Balaban J connectivity index is 1.58. The van der Waals surface area contributed by atoms with Gasteiger partial charge >= 0.3 is 0 Å². The van der Waals surface area contributed by atoms with Crippen LogP contribution in [0.3, 0.4) is 0 Å². The fraction of sp³-hybridized carbons (Fsp3) is 0.294. The molecule has 1 saturated heterocycles. The fourth-order valence-corrected chi connectivity index (χ4v) is 4.37. The summed E-state index contributed by atoms with van der Waals surface area (Å²) in [4.78, 5) is 15.7. The van der Waals surface area contributed by atoms with E-state index in [9.17, 15) is 0 Å². The molecule has 1 aromatic carbocycles. The zero-order chi connectivity index (χ0) is 16.7. The summed E-state index contributed by atoms with van der Waals surface area (Å²) in [5, 5.41) is 2.18. The number of hydrogen-bond donors (Lipinski definition) is 0. The van der Waals surface area contributed by atoms with Crippen molar-refractivity contribution in [2.24, 2.45) is 0 Å². The average Bonchev–Trinajstić information content (AvgIpc) is 2.94. The average molecular weight is 379 g/mol. The second-order valence-corrected chi connectivity index (χ2v) is 7.86. The SMILES string of the molecule is Cc1cc2c(N3CCN(c4cccc(Cl)c4)CC3)nc(Cl)nc2s1. The van der Waals surface area contributed by atoms with Gasteiger partial charge in [-0.3, -0.25) is 0 Å². The Morgan fingerprint density at radius 1 is 1.00 bits per heavy atom. The summed E-state index contributed by atoms with van der Waals surface area (Å²) >= 11 is 13.9. The van der Waals surface area contributed by atoms with Crippen molar-refractivity contribution in [3.63, 3.8) is 0 Å². The lowest BCUT2D eigenvalue weighted by molar-refractivity contribution is 0.649. The number of piperazine rings is 1. The molecule has 4 rings (SSSR count). The van der Waals surface area contributed by atoms with Gasteiger partial charge in [0, 0.05) is 41.8 Å². The zero-order valence-electron chi connectivity index (χ0n) is 13.2. The van der Waals surface area contributed by atoms with Gasteiger partial charge in [0.1, 0.15) is 10.6 Å². The number of nitrogens with zero attached hydrogens (tertiary/aromatic N) is 4. The maximum Gasteiger partial charge on any atom is 0.225 e. The summed E-state index contributed by atoms with van der Waals surface area (Å²) in [6, 6.07) is 10.2. The van der Waals surface area contributed by atoms with Gasteiger partial charge in [0.2, 0.25) is 5.28 Å². The van der Waals surface area contributed by atoms with E-state index in [2.05, 4.69) is 38.8 Å². The minimum atomic E-state index is 0.316. The summed E-state index contributed by atoms with van der Waals surface area (Å²) in [5.74, 6) is 0.945. The molecular formula is C17H16Cl2N4S. The Morgan fingerprint density at radius 2 is 1.75 bits per heavy atom. The van der Waals surface area contributed by atoms with E-state index >= 15 is 0 Å². The number of thiophene rings is 1. The lowest BCUT2D eigenvalue weighted by Gasteiger charge is -2.37. The van der Waals surface area contributed by atoms with Crippen LogP contribution in [0.25, 0.3) is 10.2 Å². The molecule has 0 radical (unpaired) electrons. The fourth-order valence-electron chi connectivity index (χ4n) is 3.09. The van der Waals surface area contributed by atoms with Crippen LogP contribution in [0.15, 0.2) is 30.3 Å². The van der Waals surface area contributed by atoms with E-state index in [0.29, 0.717) is 5.28 Å². The first-order valence-corrected chi connectivity index (χ1v) is 9.36. The van der Waals surface area contributed by atoms with Crippen LogP contribution in [0.1, 0.15) is 4.88 Å². The molecule has 3 heterocycles. The molecule has 3 aromatic rings. The smallest absolute Gasteiger partial charge is 0.225 e. The largest absolute Gasteiger partial charge is 0.368 e. The third kappa shape index (κ3) is 3.04. The number of hydrogen-bond acceptors (Lipinski definition) is 5. The highest BCUT2D eigenvalue weighted by molar-refractivity contribution is 7.18. The van der Waals surface area contributed by atoms with Crippen molar-refractivity contribution in [2.45, 2.75) is 6.92 Å². The van der Waals surface area contributed by atoms with Crippen LogP contribution in [0.4, 0.5) is 11.5 Å². The zero-order valence-corrected chi connectivity index (χ0v) is 15.5. The second kappa shape index (κ2) is 6.39. The van der Waals surface area contributed by atoms with Crippen LogP contribution < -0.4 is 9.80 Å². The lowest BCUT2D eigenvalue weighted by Crippen LogP contribution is -2.46. The van der Waals surface area contributed by atoms with Crippen molar-refractivity contribution < 1.29 is 0 Å². The van der Waals surface area contributed by atoms with Gasteiger partial charge in [0.05, 0.1) is 5.39 Å². The third-order valence-electron chi connectivity index (χ3n) is 4.22. The molecule has 0 aliphatic carbocycles. The van der Waals surface area contributed by atoms with Crippen LogP contribution in [-0.2, 0) is 0 Å². The van der Waals surface area contributed by atoms with Gasteiger partial charge in [-0.1, -0.05) is 17.7 Å². The minimum absolute atomic E-state index is 0.316. The Kier molecular flexibility index (Phi) is 4.24. The summed E-state index contributed by atoms with van der Waals surface area (Å²) in [7, 11) is 0. The number of anilines is 2. The molecule has 0 spiro atoms. The number of aromatic nitrogens is 2. The van der Waals surface area contributed by atoms with E-state index in [1.165, 1.54) is 10.6 Å². The molecule has 0 bridgehead atoms. The monoisotopic (exact) mass is 378 g/mol. The Bertz CT molecular complexity index is 887. The molecule has 0 unspecified atom stereocenters. The summed E-state index contributed by atoms with van der Waals surface area (Å²) in [6.45, 7) is 5.72. The molecule has 1 aliphatic heterocycles. The number of halogens is 2.